The molecule has 34 heavy (non-hydrogen) atoms. The fraction of sp³-hybridized carbons (Fsp3) is 0.182. The van der Waals surface area contributed by atoms with Crippen LogP contribution < -0.4 is 11.1 Å². The molecule has 0 radical (unpaired) electrons. The van der Waals surface area contributed by atoms with Gasteiger partial charge in [-0.2, -0.15) is 18.3 Å². The zero-order chi connectivity index (χ0) is 24.6. The molecule has 0 saturated carbocycles. The monoisotopic (exact) mass is 491 g/mol. The molecule has 0 saturated heterocycles. The first-order valence-corrected chi connectivity index (χ1v) is 10.7. The number of benzene rings is 1. The molecule has 1 aromatic carbocycles. The number of hydrogen-bond donors (Lipinski definition) is 2. The van der Waals surface area contributed by atoms with Crippen molar-refractivity contribution < 1.29 is 27.2 Å². The van der Waals surface area contributed by atoms with Crippen molar-refractivity contribution in [1.29, 1.82) is 0 Å². The van der Waals surface area contributed by atoms with Crippen LogP contribution in [0, 0.1) is 12.7 Å². The molecule has 4 rings (SSSR count). The van der Waals surface area contributed by atoms with Crippen LogP contribution in [-0.4, -0.2) is 26.6 Å². The highest BCUT2D eigenvalue weighted by atomic mass is 32.1. The predicted molar refractivity (Wildman–Crippen MR) is 119 cm³/mol. The molecule has 3 aromatic heterocycles. The van der Waals surface area contributed by atoms with Gasteiger partial charge in [0, 0.05) is 30.2 Å². The van der Waals surface area contributed by atoms with Gasteiger partial charge in [0.1, 0.15) is 21.2 Å². The SMILES string of the molecule is Cc1ccnn1CCC(=O)Nc1c(C(N)=O)sc2nc(C(F)(F)F)cc(-c3ccc(F)cc3)c12. The number of pyridine rings is 1. The fourth-order valence-electron chi connectivity index (χ4n) is 3.44. The van der Waals surface area contributed by atoms with E-state index in [2.05, 4.69) is 15.4 Å². The van der Waals surface area contributed by atoms with E-state index in [9.17, 15) is 27.2 Å². The number of nitrogens with one attached hydrogen (secondary N) is 1. The molecule has 176 valence electrons. The Morgan fingerprint density at radius 3 is 2.47 bits per heavy atom. The van der Waals surface area contributed by atoms with Crippen molar-refractivity contribution >= 4 is 39.1 Å². The number of hydrogen-bond acceptors (Lipinski definition) is 5. The minimum Gasteiger partial charge on any atom is -0.365 e. The zero-order valence-electron chi connectivity index (χ0n) is 17.6. The van der Waals surface area contributed by atoms with E-state index < -0.39 is 29.5 Å². The standard InChI is InChI=1S/C22H17F4N5O2S/c1-11-6-8-28-31(11)9-7-16(32)30-18-17-14(12-2-4-13(23)5-3-12)10-15(22(24,25)26)29-21(17)34-19(18)20(27)33/h2-6,8,10H,7,9H2,1H3,(H2,27,33)(H,30,32). The number of carbonyl (C=O) groups is 2. The number of primary amides is 1. The van der Waals surface area contributed by atoms with Crippen LogP contribution >= 0.6 is 11.3 Å². The number of fused-ring (bicyclic) bond motifs is 1. The Morgan fingerprint density at radius 1 is 1.18 bits per heavy atom. The van der Waals surface area contributed by atoms with Crippen LogP contribution in [0.15, 0.2) is 42.6 Å². The van der Waals surface area contributed by atoms with Crippen molar-refractivity contribution in [3.05, 3.63) is 64.7 Å². The van der Waals surface area contributed by atoms with Crippen molar-refractivity contribution in [2.45, 2.75) is 26.1 Å². The van der Waals surface area contributed by atoms with Gasteiger partial charge in [-0.1, -0.05) is 12.1 Å². The average Bonchev–Trinajstić information content (AvgIpc) is 3.35. The molecule has 0 atom stereocenters. The van der Waals surface area contributed by atoms with Crippen LogP contribution in [0.25, 0.3) is 21.3 Å². The lowest BCUT2D eigenvalue weighted by molar-refractivity contribution is -0.140. The van der Waals surface area contributed by atoms with Crippen LogP contribution in [0.2, 0.25) is 0 Å². The molecule has 0 aliphatic rings. The molecule has 3 heterocycles. The zero-order valence-corrected chi connectivity index (χ0v) is 18.4. The Labute approximate surface area is 194 Å². The van der Waals surface area contributed by atoms with Crippen molar-refractivity contribution in [3.63, 3.8) is 0 Å². The number of aryl methyl sites for hydroxylation is 2. The van der Waals surface area contributed by atoms with E-state index in [1.54, 1.807) is 16.9 Å². The third kappa shape index (κ3) is 4.62. The number of amides is 2. The van der Waals surface area contributed by atoms with Crippen molar-refractivity contribution in [3.8, 4) is 11.1 Å². The first-order valence-electron chi connectivity index (χ1n) is 9.93. The molecule has 0 aliphatic heterocycles. The number of halogens is 4. The number of nitrogens with two attached hydrogens (primary N) is 1. The lowest BCUT2D eigenvalue weighted by Crippen LogP contribution is -2.18. The number of aromatic nitrogens is 3. The van der Waals surface area contributed by atoms with Crippen molar-refractivity contribution in [1.82, 2.24) is 14.8 Å². The van der Waals surface area contributed by atoms with Gasteiger partial charge in [0.05, 0.1) is 5.69 Å². The molecule has 2 amide bonds. The quantitative estimate of drug-likeness (QED) is 0.380. The van der Waals surface area contributed by atoms with Gasteiger partial charge < -0.3 is 11.1 Å². The van der Waals surface area contributed by atoms with E-state index in [-0.39, 0.29) is 44.9 Å². The number of anilines is 1. The smallest absolute Gasteiger partial charge is 0.365 e. The van der Waals surface area contributed by atoms with E-state index in [1.165, 1.54) is 12.1 Å². The maximum Gasteiger partial charge on any atom is 0.433 e. The first kappa shape index (κ1) is 23.4. The summed E-state index contributed by atoms with van der Waals surface area (Å²) in [5.41, 5.74) is 5.36. The van der Waals surface area contributed by atoms with E-state index in [4.69, 9.17) is 5.73 Å². The summed E-state index contributed by atoms with van der Waals surface area (Å²) in [5, 5.41) is 6.82. The third-order valence-electron chi connectivity index (χ3n) is 5.08. The summed E-state index contributed by atoms with van der Waals surface area (Å²) in [6.07, 6.45) is -3.20. The number of carbonyl (C=O) groups excluding carboxylic acids is 2. The maximum atomic E-state index is 13.5. The van der Waals surface area contributed by atoms with Gasteiger partial charge in [-0.25, -0.2) is 9.37 Å². The highest BCUT2D eigenvalue weighted by Gasteiger charge is 2.35. The van der Waals surface area contributed by atoms with Crippen molar-refractivity contribution in [2.24, 2.45) is 5.73 Å². The van der Waals surface area contributed by atoms with Gasteiger partial charge in [0.25, 0.3) is 5.91 Å². The normalized spacial score (nSPS) is 11.7. The van der Waals surface area contributed by atoms with Crippen LogP contribution in [0.1, 0.15) is 27.5 Å². The topological polar surface area (TPSA) is 103 Å². The summed E-state index contributed by atoms with van der Waals surface area (Å²) in [4.78, 5) is 28.2. The Kier molecular flexibility index (Phi) is 6.09. The predicted octanol–water partition coefficient (Wildman–Crippen LogP) is 4.75. The number of rotatable bonds is 6. The summed E-state index contributed by atoms with van der Waals surface area (Å²) in [6, 6.07) is 7.38. The largest absolute Gasteiger partial charge is 0.433 e. The van der Waals surface area contributed by atoms with Gasteiger partial charge in [-0.05, 0) is 42.3 Å². The summed E-state index contributed by atoms with van der Waals surface area (Å²) >= 11 is 0.643. The minimum absolute atomic E-state index is 0.0159. The number of nitrogens with zero attached hydrogens (tertiary/aromatic N) is 3. The Bertz CT molecular complexity index is 1390. The highest BCUT2D eigenvalue weighted by Crippen LogP contribution is 2.43. The van der Waals surface area contributed by atoms with Crippen molar-refractivity contribution in [2.75, 3.05) is 5.32 Å². The summed E-state index contributed by atoms with van der Waals surface area (Å²) in [5.74, 6) is -2.00. The lowest BCUT2D eigenvalue weighted by Gasteiger charge is -2.12. The van der Waals surface area contributed by atoms with Crippen LogP contribution in [-0.2, 0) is 17.5 Å². The van der Waals surface area contributed by atoms with E-state index in [0.717, 1.165) is 23.9 Å². The summed E-state index contributed by atoms with van der Waals surface area (Å²) in [7, 11) is 0. The molecule has 4 aromatic rings. The van der Waals surface area contributed by atoms with Crippen LogP contribution in [0.5, 0.6) is 0 Å². The molecule has 0 spiro atoms. The second-order valence-electron chi connectivity index (χ2n) is 7.40. The van der Waals surface area contributed by atoms with Gasteiger partial charge in [0.2, 0.25) is 5.91 Å². The van der Waals surface area contributed by atoms with Gasteiger partial charge in [0.15, 0.2) is 0 Å². The van der Waals surface area contributed by atoms with Crippen LogP contribution in [0.3, 0.4) is 0 Å². The molecule has 0 unspecified atom stereocenters. The minimum atomic E-state index is -4.77. The summed E-state index contributed by atoms with van der Waals surface area (Å²) in [6.45, 7) is 2.07. The van der Waals surface area contributed by atoms with Gasteiger partial charge >= 0.3 is 6.18 Å². The second-order valence-corrected chi connectivity index (χ2v) is 8.40. The van der Waals surface area contributed by atoms with Crippen LogP contribution in [0.4, 0.5) is 23.2 Å². The van der Waals surface area contributed by atoms with Gasteiger partial charge in [-0.3, -0.25) is 14.3 Å². The highest BCUT2D eigenvalue weighted by molar-refractivity contribution is 7.21. The first-order chi connectivity index (χ1) is 16.0. The van der Waals surface area contributed by atoms with E-state index >= 15 is 0 Å². The third-order valence-corrected chi connectivity index (χ3v) is 6.17. The Morgan fingerprint density at radius 2 is 1.88 bits per heavy atom. The van der Waals surface area contributed by atoms with E-state index in [1.807, 2.05) is 6.92 Å². The Hall–Kier alpha value is -3.80. The fourth-order valence-corrected chi connectivity index (χ4v) is 4.44. The van der Waals surface area contributed by atoms with E-state index in [0.29, 0.717) is 11.3 Å². The molecule has 0 bridgehead atoms. The molecular weight excluding hydrogens is 474 g/mol. The average molecular weight is 491 g/mol. The number of alkyl halides is 3. The number of thiophene rings is 1. The molecular formula is C22H17F4N5O2S. The molecule has 0 fully saturated rings. The Balaban J connectivity index is 1.83. The maximum absolute atomic E-state index is 13.5. The second kappa shape index (κ2) is 8.86. The van der Waals surface area contributed by atoms with Gasteiger partial charge in [-0.15, -0.1) is 11.3 Å². The molecule has 0 aliphatic carbocycles. The molecule has 3 N–H and O–H groups in total. The summed E-state index contributed by atoms with van der Waals surface area (Å²) < 4.78 is 55.7. The molecule has 12 heteroatoms. The lowest BCUT2D eigenvalue weighted by atomic mass is 10.0. The molecule has 7 nitrogen and oxygen atoms in total.